The monoisotopic (exact) mass is 1990 g/mol. The first-order valence-electron chi connectivity index (χ1n) is 49.8. The highest BCUT2D eigenvalue weighted by atomic mass is 32.2. The SMILES string of the molecule is CCCCCCCCCCc1ccc(-c2ccc(-c3ccc(-c4ccc(-c5ccc(C6CC(C)CC(C)C6)s5)s4)s3)s2)s1.CCCCCCCCc1cc(-c2ccc(-c3cc(CCCCCCCC)c(-c4ccc(C5CC(C)CC(C)C5)s4)s3)s2)sc1-c1ccc(C2CC(C)CC(C)C2)s1.CCOCOCOCc1ccc(-c2ccc(-c3ccc(-c4ccc(CC)s4)s3)s2)s1. The number of ether oxygens (including phenoxy) is 3. The molecule has 0 amide bonds. The van der Waals surface area contributed by atoms with Gasteiger partial charge in [-0.25, -0.2) is 0 Å². The van der Waals surface area contributed by atoms with Gasteiger partial charge >= 0.3 is 0 Å². The molecule has 0 saturated heterocycles. The number of aryl methyl sites for hydroxylation is 4. The summed E-state index contributed by atoms with van der Waals surface area (Å²) in [5, 5.41) is 0. The molecule has 6 unspecified atom stereocenters. The summed E-state index contributed by atoms with van der Waals surface area (Å²) >= 11 is 27.7. The lowest BCUT2D eigenvalue weighted by Crippen LogP contribution is -2.17. The van der Waals surface area contributed by atoms with Gasteiger partial charge in [0.2, 0.25) is 0 Å². The van der Waals surface area contributed by atoms with E-state index in [0.29, 0.717) is 13.2 Å². The second kappa shape index (κ2) is 51.4. The molecule has 3 saturated carbocycles. The van der Waals surface area contributed by atoms with Crippen LogP contribution in [-0.2, 0) is 46.5 Å². The van der Waals surface area contributed by atoms with Crippen LogP contribution in [0.2, 0.25) is 0 Å². The molecular formula is C113H142O3S14. The predicted molar refractivity (Wildman–Crippen MR) is 591 cm³/mol. The zero-order valence-electron chi connectivity index (χ0n) is 79.3. The number of unbranched alkanes of at least 4 members (excludes halogenated alkanes) is 17. The lowest BCUT2D eigenvalue weighted by atomic mass is 9.76. The third-order valence-corrected chi connectivity index (χ3v) is 44.7. The predicted octanol–water partition coefficient (Wildman–Crippen LogP) is 42.4. The first-order chi connectivity index (χ1) is 63.6. The van der Waals surface area contributed by atoms with Gasteiger partial charge in [0.1, 0.15) is 13.6 Å². The van der Waals surface area contributed by atoms with Gasteiger partial charge in [0.05, 0.1) is 6.61 Å². The summed E-state index contributed by atoms with van der Waals surface area (Å²) in [4.78, 5) is 40.2. The summed E-state index contributed by atoms with van der Waals surface area (Å²) in [5.41, 5.74) is 3.18. The number of thiophene rings is 14. The Hall–Kier alpha value is -4.32. The van der Waals surface area contributed by atoms with E-state index in [1.807, 2.05) is 109 Å². The van der Waals surface area contributed by atoms with Gasteiger partial charge in [-0.05, 0) is 332 Å². The van der Waals surface area contributed by atoms with E-state index in [1.54, 1.807) is 51.7 Å². The molecular weight excluding hydrogens is 1850 g/mol. The first-order valence-corrected chi connectivity index (χ1v) is 61.2. The summed E-state index contributed by atoms with van der Waals surface area (Å²) < 4.78 is 15.9. The first kappa shape index (κ1) is 100. The van der Waals surface area contributed by atoms with Crippen molar-refractivity contribution >= 4 is 159 Å². The van der Waals surface area contributed by atoms with Gasteiger partial charge in [-0.15, -0.1) is 159 Å². The molecule has 0 aromatic carbocycles. The molecule has 0 spiro atoms. The molecule has 3 aliphatic carbocycles. The maximum Gasteiger partial charge on any atom is 0.150 e. The van der Waals surface area contributed by atoms with E-state index >= 15 is 0 Å². The van der Waals surface area contributed by atoms with Crippen LogP contribution >= 0.6 is 159 Å². The molecule has 0 aliphatic heterocycles. The molecule has 0 N–H and O–H groups in total. The zero-order chi connectivity index (χ0) is 90.1. The number of rotatable bonds is 45. The second-order valence-electron chi connectivity index (χ2n) is 38.1. The molecule has 14 aromatic rings. The minimum Gasteiger partial charge on any atom is -0.356 e. The maximum absolute atomic E-state index is 5.56. The fourth-order valence-corrected chi connectivity index (χ4v) is 36.0. The number of hydrogen-bond acceptors (Lipinski definition) is 17. The molecule has 0 bridgehead atoms. The summed E-state index contributed by atoms with van der Waals surface area (Å²) in [6, 6.07) is 61.3. The Morgan fingerprint density at radius 3 is 0.831 bits per heavy atom. The quantitative estimate of drug-likeness (QED) is 0.0281. The Labute approximate surface area is 837 Å². The standard InChI is InChI=1S/C52H72S5.C38H46S5.C23H24O3S4/c1-7-9-11-13-15-17-19-39-33-49(56-51(39)47-25-21-43(53-47)41-29-35(3)27-36(4)30-41)45-23-24-46(55-45)50-34-40(20-18-16-14-12-10-8-2)52(57-50)48-26-22-44(54-48)42-31-37(5)28-38(6)32-42;1-4-5-6-7-8-9-10-11-12-29-13-14-31(39-29)32-17-18-35(41-32)36-21-22-38(43-36)37-20-19-34(42-37)33-16-15-30(40-33)28-24-26(2)23-27(3)25-28;1-3-16-5-7-18(27-16)20-9-11-22(29-20)23-12-10-21(30-23)19-8-6-17(28-19)13-25-15-26-14-24-4-2/h21-26,33-38,41-42H,7-20,27-32H2,1-6H3;13-22,26-28H,4-12,23-25H2,1-3H3;5-12H,3-4,13-15H2,1-2H3. The average molecular weight is 2000 g/mol. The molecule has 6 atom stereocenters. The largest absolute Gasteiger partial charge is 0.356 e. The van der Waals surface area contributed by atoms with E-state index < -0.39 is 0 Å². The third-order valence-electron chi connectivity index (χ3n) is 26.5. The molecule has 14 heterocycles. The van der Waals surface area contributed by atoms with Crippen LogP contribution < -0.4 is 0 Å². The summed E-state index contributed by atoms with van der Waals surface area (Å²) in [6.45, 7) is 27.6. The van der Waals surface area contributed by atoms with Gasteiger partial charge in [0, 0.05) is 143 Å². The molecule has 3 fully saturated rings. The highest BCUT2D eigenvalue weighted by Gasteiger charge is 2.31. The highest BCUT2D eigenvalue weighted by Crippen LogP contribution is 2.54. The summed E-state index contributed by atoms with van der Waals surface area (Å²) in [5.74, 6) is 7.32. The van der Waals surface area contributed by atoms with Crippen molar-refractivity contribution in [1.82, 2.24) is 0 Å². The summed E-state index contributed by atoms with van der Waals surface area (Å²) in [6.07, 6.45) is 44.5. The average Bonchev–Trinajstić information content (AvgIpc) is 1.63. The molecule has 0 radical (unpaired) electrons. The van der Waals surface area contributed by atoms with Crippen molar-refractivity contribution in [2.45, 2.75) is 312 Å². The second-order valence-corrected chi connectivity index (χ2v) is 53.5. The molecule has 696 valence electrons. The van der Waals surface area contributed by atoms with E-state index in [-0.39, 0.29) is 13.6 Å². The fourth-order valence-electron chi connectivity index (χ4n) is 20.1. The van der Waals surface area contributed by atoms with Crippen LogP contribution in [0.25, 0.3) is 107 Å². The van der Waals surface area contributed by atoms with Gasteiger partial charge in [-0.1, -0.05) is 178 Å². The van der Waals surface area contributed by atoms with E-state index in [9.17, 15) is 0 Å². The molecule has 17 rings (SSSR count). The van der Waals surface area contributed by atoms with Crippen LogP contribution in [0.4, 0.5) is 0 Å². The maximum atomic E-state index is 5.56. The van der Waals surface area contributed by atoms with E-state index in [1.165, 1.54) is 313 Å². The molecule has 14 aromatic heterocycles. The van der Waals surface area contributed by atoms with Crippen LogP contribution in [0.15, 0.2) is 158 Å². The van der Waals surface area contributed by atoms with Gasteiger partial charge < -0.3 is 14.2 Å². The van der Waals surface area contributed by atoms with E-state index in [2.05, 4.69) is 272 Å². The molecule has 3 nitrogen and oxygen atoms in total. The van der Waals surface area contributed by atoms with Crippen molar-refractivity contribution in [3.05, 3.63) is 198 Å². The zero-order valence-corrected chi connectivity index (χ0v) is 90.7. The molecule has 130 heavy (non-hydrogen) atoms. The summed E-state index contributed by atoms with van der Waals surface area (Å²) in [7, 11) is 0. The lowest BCUT2D eigenvalue weighted by Gasteiger charge is -2.30. The topological polar surface area (TPSA) is 27.7 Å². The van der Waals surface area contributed by atoms with Gasteiger partial charge in [-0.3, -0.25) is 0 Å². The lowest BCUT2D eigenvalue weighted by molar-refractivity contribution is -0.133. The van der Waals surface area contributed by atoms with Gasteiger partial charge in [-0.2, -0.15) is 0 Å². The van der Waals surface area contributed by atoms with Crippen LogP contribution in [-0.4, -0.2) is 20.2 Å². The van der Waals surface area contributed by atoms with Crippen molar-refractivity contribution in [3.63, 3.8) is 0 Å². The van der Waals surface area contributed by atoms with Crippen molar-refractivity contribution in [2.24, 2.45) is 35.5 Å². The van der Waals surface area contributed by atoms with E-state index in [0.717, 1.165) is 59.7 Å². The fraction of sp³-hybridized carbons (Fsp3) is 0.504. The minimum atomic E-state index is 0.251. The molecule has 17 heteroatoms. The van der Waals surface area contributed by atoms with Crippen molar-refractivity contribution in [3.8, 4) is 107 Å². The van der Waals surface area contributed by atoms with Crippen LogP contribution in [0.5, 0.6) is 0 Å². The normalized spacial score (nSPS) is 18.9. The Bertz CT molecular complexity index is 5450. The van der Waals surface area contributed by atoms with Gasteiger partial charge in [0.15, 0.2) is 0 Å². The Morgan fingerprint density at radius 1 is 0.223 bits per heavy atom. The smallest absolute Gasteiger partial charge is 0.150 e. The van der Waals surface area contributed by atoms with Crippen molar-refractivity contribution in [2.75, 3.05) is 20.2 Å². The Balaban J connectivity index is 0.000000157. The Kier molecular flexibility index (Phi) is 39.6. The van der Waals surface area contributed by atoms with Crippen molar-refractivity contribution < 1.29 is 14.2 Å². The number of hydrogen-bond donors (Lipinski definition) is 0. The highest BCUT2D eigenvalue weighted by molar-refractivity contribution is 7.32. The van der Waals surface area contributed by atoms with Gasteiger partial charge in [0.25, 0.3) is 0 Å². The molecule has 3 aliphatic rings. The minimum absolute atomic E-state index is 0.251. The Morgan fingerprint density at radius 2 is 0.485 bits per heavy atom. The van der Waals surface area contributed by atoms with E-state index in [4.69, 9.17) is 14.2 Å². The van der Waals surface area contributed by atoms with Crippen LogP contribution in [0.1, 0.15) is 321 Å². The van der Waals surface area contributed by atoms with Crippen molar-refractivity contribution in [1.29, 1.82) is 0 Å². The van der Waals surface area contributed by atoms with Crippen LogP contribution in [0.3, 0.4) is 0 Å². The van der Waals surface area contributed by atoms with Crippen LogP contribution in [0, 0.1) is 35.5 Å². The third kappa shape index (κ3) is 28.5.